The monoisotopic (exact) mass is 406 g/mol. The molecule has 22 heavy (non-hydrogen) atoms. The predicted octanol–water partition coefficient (Wildman–Crippen LogP) is 3.45. The summed E-state index contributed by atoms with van der Waals surface area (Å²) in [4.78, 5) is 26.0. The van der Waals surface area contributed by atoms with Gasteiger partial charge >= 0.3 is 0 Å². The average molecular weight is 406 g/mol. The van der Waals surface area contributed by atoms with Crippen LogP contribution < -0.4 is 10.2 Å². The summed E-state index contributed by atoms with van der Waals surface area (Å²) in [5.41, 5.74) is 3.27. The summed E-state index contributed by atoms with van der Waals surface area (Å²) in [6.45, 7) is 2.62. The van der Waals surface area contributed by atoms with Gasteiger partial charge in [0.2, 0.25) is 5.91 Å². The van der Waals surface area contributed by atoms with Crippen molar-refractivity contribution in [3.63, 3.8) is 0 Å². The van der Waals surface area contributed by atoms with E-state index in [2.05, 4.69) is 27.9 Å². The molecule has 0 fully saturated rings. The number of nitrogens with one attached hydrogen (secondary N) is 1. The van der Waals surface area contributed by atoms with E-state index in [1.54, 1.807) is 11.0 Å². The smallest absolute Gasteiger partial charge is 0.256 e. The van der Waals surface area contributed by atoms with Crippen LogP contribution in [-0.4, -0.2) is 18.4 Å². The van der Waals surface area contributed by atoms with Crippen molar-refractivity contribution in [3.05, 3.63) is 57.2 Å². The van der Waals surface area contributed by atoms with E-state index in [0.29, 0.717) is 24.2 Å². The first-order valence-electron chi connectivity index (χ1n) is 7.09. The average Bonchev–Trinajstić information content (AvgIpc) is 2.81. The van der Waals surface area contributed by atoms with Gasteiger partial charge in [0.25, 0.3) is 5.91 Å². The topological polar surface area (TPSA) is 49.4 Å². The molecule has 2 aromatic rings. The van der Waals surface area contributed by atoms with Gasteiger partial charge in [-0.3, -0.25) is 9.59 Å². The van der Waals surface area contributed by atoms with Gasteiger partial charge in [-0.2, -0.15) is 0 Å². The van der Waals surface area contributed by atoms with E-state index in [9.17, 15) is 9.59 Å². The summed E-state index contributed by atoms with van der Waals surface area (Å²) < 4.78 is 0.908. The maximum Gasteiger partial charge on any atom is 0.256 e. The fourth-order valence-electron chi connectivity index (χ4n) is 2.65. The lowest BCUT2D eigenvalue weighted by molar-refractivity contribution is -0.117. The lowest BCUT2D eigenvalue weighted by Crippen LogP contribution is -2.25. The third-order valence-corrected chi connectivity index (χ3v) is 4.65. The molecule has 1 aliphatic heterocycles. The van der Waals surface area contributed by atoms with E-state index in [4.69, 9.17) is 0 Å². The third kappa shape index (κ3) is 2.72. The van der Waals surface area contributed by atoms with Crippen molar-refractivity contribution in [1.29, 1.82) is 0 Å². The highest BCUT2D eigenvalue weighted by Gasteiger charge is 2.26. The minimum absolute atomic E-state index is 0.110. The van der Waals surface area contributed by atoms with Crippen LogP contribution in [0.5, 0.6) is 0 Å². The van der Waals surface area contributed by atoms with Crippen molar-refractivity contribution in [2.75, 3.05) is 16.8 Å². The Balaban J connectivity index is 1.83. The Hall–Kier alpha value is -1.89. The van der Waals surface area contributed by atoms with Gasteiger partial charge in [-0.1, -0.05) is 12.1 Å². The summed E-state index contributed by atoms with van der Waals surface area (Å²) >= 11 is 2.15. The zero-order valence-corrected chi connectivity index (χ0v) is 14.3. The van der Waals surface area contributed by atoms with Crippen molar-refractivity contribution in [2.45, 2.75) is 13.3 Å². The molecule has 4 nitrogen and oxygen atoms in total. The number of hydrogen-bond acceptors (Lipinski definition) is 2. The highest BCUT2D eigenvalue weighted by atomic mass is 127. The second-order valence-electron chi connectivity index (χ2n) is 5.09. The molecule has 0 aliphatic carbocycles. The van der Waals surface area contributed by atoms with Crippen LogP contribution in [0.1, 0.15) is 22.8 Å². The van der Waals surface area contributed by atoms with E-state index in [0.717, 1.165) is 14.8 Å². The van der Waals surface area contributed by atoms with Crippen molar-refractivity contribution < 1.29 is 9.59 Å². The lowest BCUT2D eigenvalue weighted by atomic mass is 10.1. The number of likely N-dealkylation sites (N-methyl/N-ethyl adjacent to an activating group) is 1. The number of nitrogens with zero attached hydrogens (tertiary/aromatic N) is 1. The maximum absolute atomic E-state index is 12.3. The third-order valence-electron chi connectivity index (χ3n) is 3.71. The van der Waals surface area contributed by atoms with Crippen LogP contribution >= 0.6 is 22.6 Å². The fraction of sp³-hybridized carbons (Fsp3) is 0.176. The number of amides is 2. The number of anilines is 2. The van der Waals surface area contributed by atoms with Gasteiger partial charge in [0.1, 0.15) is 0 Å². The normalized spacial score (nSPS) is 13.2. The van der Waals surface area contributed by atoms with Crippen molar-refractivity contribution in [3.8, 4) is 0 Å². The Morgan fingerprint density at radius 1 is 1.27 bits per heavy atom. The fourth-order valence-corrected chi connectivity index (χ4v) is 3.28. The number of carbonyl (C=O) groups excluding carboxylic acids is 2. The molecule has 0 spiro atoms. The molecular weight excluding hydrogens is 391 g/mol. The summed E-state index contributed by atoms with van der Waals surface area (Å²) in [5, 5.41) is 2.90. The van der Waals surface area contributed by atoms with Crippen molar-refractivity contribution in [2.24, 2.45) is 0 Å². The van der Waals surface area contributed by atoms with Crippen LogP contribution in [0.15, 0.2) is 42.5 Å². The van der Waals surface area contributed by atoms with E-state index in [1.165, 1.54) is 0 Å². The summed E-state index contributed by atoms with van der Waals surface area (Å²) in [6, 6.07) is 13.1. The van der Waals surface area contributed by atoms with Gasteiger partial charge < -0.3 is 10.2 Å². The Labute approximate surface area is 142 Å². The van der Waals surface area contributed by atoms with Gasteiger partial charge in [0, 0.05) is 21.5 Å². The van der Waals surface area contributed by atoms with Crippen LogP contribution in [0.3, 0.4) is 0 Å². The molecule has 0 radical (unpaired) electrons. The number of benzene rings is 2. The standard InChI is InChI=1S/C17H15IN2O2/c1-2-20-15-8-7-12(9-11(15)10-16(20)21)19-17(22)13-5-3-4-6-14(13)18/h3-9H,2,10H2,1H3,(H,19,22). The van der Waals surface area contributed by atoms with Crippen LogP contribution in [0, 0.1) is 3.57 Å². The Bertz CT molecular complexity index is 758. The van der Waals surface area contributed by atoms with E-state index < -0.39 is 0 Å². The second kappa shape index (κ2) is 6.08. The molecular formula is C17H15IN2O2. The lowest BCUT2D eigenvalue weighted by Gasteiger charge is -2.15. The molecule has 0 saturated heterocycles. The minimum atomic E-state index is -0.137. The van der Waals surface area contributed by atoms with E-state index in [-0.39, 0.29) is 11.8 Å². The zero-order chi connectivity index (χ0) is 15.7. The Morgan fingerprint density at radius 3 is 2.77 bits per heavy atom. The van der Waals surface area contributed by atoms with Gasteiger partial charge in [-0.15, -0.1) is 0 Å². The van der Waals surface area contributed by atoms with Gasteiger partial charge in [-0.25, -0.2) is 0 Å². The molecule has 3 rings (SSSR count). The maximum atomic E-state index is 12.3. The first-order chi connectivity index (χ1) is 10.6. The molecule has 112 valence electrons. The number of carbonyl (C=O) groups is 2. The summed E-state index contributed by atoms with van der Waals surface area (Å²) in [6.07, 6.45) is 0.399. The molecule has 1 aliphatic rings. The van der Waals surface area contributed by atoms with Gasteiger partial charge in [0.05, 0.1) is 12.0 Å². The SMILES string of the molecule is CCN1C(=O)Cc2cc(NC(=O)c3ccccc3I)ccc21. The van der Waals surface area contributed by atoms with Crippen molar-refractivity contribution in [1.82, 2.24) is 0 Å². The number of hydrogen-bond donors (Lipinski definition) is 1. The largest absolute Gasteiger partial charge is 0.322 e. The molecule has 0 aromatic heterocycles. The van der Waals surface area contributed by atoms with Crippen molar-refractivity contribution >= 4 is 45.8 Å². The highest BCUT2D eigenvalue weighted by molar-refractivity contribution is 14.1. The molecule has 0 saturated carbocycles. The van der Waals surface area contributed by atoms with Gasteiger partial charge in [-0.05, 0) is 65.4 Å². The molecule has 0 unspecified atom stereocenters. The molecule has 2 aromatic carbocycles. The predicted molar refractivity (Wildman–Crippen MR) is 95.3 cm³/mol. The molecule has 0 atom stereocenters. The molecule has 0 bridgehead atoms. The van der Waals surface area contributed by atoms with Gasteiger partial charge in [0.15, 0.2) is 0 Å². The molecule has 1 N–H and O–H groups in total. The van der Waals surface area contributed by atoms with E-state index >= 15 is 0 Å². The second-order valence-corrected chi connectivity index (χ2v) is 6.25. The van der Waals surface area contributed by atoms with Crippen LogP contribution in [-0.2, 0) is 11.2 Å². The first-order valence-corrected chi connectivity index (χ1v) is 8.17. The minimum Gasteiger partial charge on any atom is -0.322 e. The summed E-state index contributed by atoms with van der Waals surface area (Å²) in [7, 11) is 0. The molecule has 5 heteroatoms. The Morgan fingerprint density at radius 2 is 2.05 bits per heavy atom. The van der Waals surface area contributed by atoms with Crippen LogP contribution in [0.25, 0.3) is 0 Å². The highest BCUT2D eigenvalue weighted by Crippen LogP contribution is 2.31. The Kier molecular flexibility index (Phi) is 4.15. The number of rotatable bonds is 3. The van der Waals surface area contributed by atoms with E-state index in [1.807, 2.05) is 43.3 Å². The number of fused-ring (bicyclic) bond motifs is 1. The first kappa shape index (κ1) is 15.0. The molecule has 1 heterocycles. The van der Waals surface area contributed by atoms with Crippen LogP contribution in [0.2, 0.25) is 0 Å². The van der Waals surface area contributed by atoms with Crippen LogP contribution in [0.4, 0.5) is 11.4 Å². The summed E-state index contributed by atoms with van der Waals surface area (Å²) in [5.74, 6) is -0.0276. The number of halogens is 1. The zero-order valence-electron chi connectivity index (χ0n) is 12.1. The molecule has 2 amide bonds. The quantitative estimate of drug-likeness (QED) is 0.794.